The lowest BCUT2D eigenvalue weighted by Crippen LogP contribution is -1.94. The van der Waals surface area contributed by atoms with E-state index < -0.39 is 0 Å². The van der Waals surface area contributed by atoms with Gasteiger partial charge in [0.15, 0.2) is 5.75 Å². The Hall–Kier alpha value is -1.97. The van der Waals surface area contributed by atoms with Gasteiger partial charge in [0.05, 0.1) is 19.0 Å². The summed E-state index contributed by atoms with van der Waals surface area (Å²) >= 11 is 0. The standard InChI is InChI=1S/C12H14N2O2/c1-2-7-15-10-3-5-11(6-4-10)16-12-8-13-14-9-12/h3-6,8-9H,2,7H2,1H3,(H,13,14). The second-order valence-corrected chi connectivity index (χ2v) is 3.36. The lowest BCUT2D eigenvalue weighted by molar-refractivity contribution is 0.317. The quantitative estimate of drug-likeness (QED) is 0.839. The van der Waals surface area contributed by atoms with Crippen LogP contribution in [-0.4, -0.2) is 16.8 Å². The third-order valence-electron chi connectivity index (χ3n) is 2.01. The first kappa shape index (κ1) is 10.5. The fourth-order valence-electron chi connectivity index (χ4n) is 1.25. The fourth-order valence-corrected chi connectivity index (χ4v) is 1.25. The van der Waals surface area contributed by atoms with E-state index in [1.165, 1.54) is 0 Å². The highest BCUT2D eigenvalue weighted by Gasteiger charge is 1.98. The van der Waals surface area contributed by atoms with Gasteiger partial charge in [-0.1, -0.05) is 6.92 Å². The highest BCUT2D eigenvalue weighted by Crippen LogP contribution is 2.22. The lowest BCUT2D eigenvalue weighted by atomic mass is 10.3. The van der Waals surface area contributed by atoms with Crippen molar-refractivity contribution in [3.05, 3.63) is 36.7 Å². The Labute approximate surface area is 94.2 Å². The first-order valence-electron chi connectivity index (χ1n) is 5.28. The van der Waals surface area contributed by atoms with Gasteiger partial charge in [0.25, 0.3) is 0 Å². The second-order valence-electron chi connectivity index (χ2n) is 3.36. The van der Waals surface area contributed by atoms with Crippen molar-refractivity contribution in [3.63, 3.8) is 0 Å². The van der Waals surface area contributed by atoms with Crippen LogP contribution in [-0.2, 0) is 0 Å². The Morgan fingerprint density at radius 2 is 1.88 bits per heavy atom. The maximum absolute atomic E-state index is 5.53. The van der Waals surface area contributed by atoms with Crippen LogP contribution in [0.2, 0.25) is 0 Å². The highest BCUT2D eigenvalue weighted by molar-refractivity contribution is 5.33. The topological polar surface area (TPSA) is 47.1 Å². The Bertz CT molecular complexity index is 409. The summed E-state index contributed by atoms with van der Waals surface area (Å²) in [6, 6.07) is 7.53. The van der Waals surface area contributed by atoms with Crippen molar-refractivity contribution < 1.29 is 9.47 Å². The second kappa shape index (κ2) is 5.21. The van der Waals surface area contributed by atoms with E-state index in [-0.39, 0.29) is 0 Å². The molecule has 0 aliphatic rings. The zero-order chi connectivity index (χ0) is 11.2. The minimum absolute atomic E-state index is 0.697. The summed E-state index contributed by atoms with van der Waals surface area (Å²) in [5.74, 6) is 2.33. The number of nitrogens with one attached hydrogen (secondary N) is 1. The average molecular weight is 218 g/mol. The van der Waals surface area contributed by atoms with Crippen LogP contribution in [0.15, 0.2) is 36.7 Å². The van der Waals surface area contributed by atoms with Crippen LogP contribution in [0.25, 0.3) is 0 Å². The molecule has 2 rings (SSSR count). The zero-order valence-corrected chi connectivity index (χ0v) is 9.14. The van der Waals surface area contributed by atoms with Gasteiger partial charge in [-0.2, -0.15) is 5.10 Å². The third-order valence-corrected chi connectivity index (χ3v) is 2.01. The van der Waals surface area contributed by atoms with E-state index in [4.69, 9.17) is 9.47 Å². The summed E-state index contributed by atoms with van der Waals surface area (Å²) in [6.45, 7) is 2.82. The van der Waals surface area contributed by atoms with Gasteiger partial charge in [0.2, 0.25) is 0 Å². The smallest absolute Gasteiger partial charge is 0.165 e. The number of benzene rings is 1. The van der Waals surface area contributed by atoms with Crippen LogP contribution < -0.4 is 9.47 Å². The van der Waals surface area contributed by atoms with Crippen molar-refractivity contribution in [2.24, 2.45) is 0 Å². The molecule has 0 aliphatic heterocycles. The molecular formula is C12H14N2O2. The van der Waals surface area contributed by atoms with Gasteiger partial charge in [-0.15, -0.1) is 0 Å². The number of ether oxygens (including phenoxy) is 2. The van der Waals surface area contributed by atoms with Gasteiger partial charge in [0.1, 0.15) is 11.5 Å². The van der Waals surface area contributed by atoms with E-state index in [1.807, 2.05) is 24.3 Å². The molecule has 0 saturated heterocycles. The molecular weight excluding hydrogens is 204 g/mol. The summed E-state index contributed by atoms with van der Waals surface area (Å²) < 4.78 is 11.0. The predicted octanol–water partition coefficient (Wildman–Crippen LogP) is 2.99. The summed E-state index contributed by atoms with van der Waals surface area (Å²) in [5.41, 5.74) is 0. The average Bonchev–Trinajstić information content (AvgIpc) is 2.81. The Kier molecular flexibility index (Phi) is 3.43. The highest BCUT2D eigenvalue weighted by atomic mass is 16.5. The van der Waals surface area contributed by atoms with Crippen molar-refractivity contribution in [1.82, 2.24) is 10.2 Å². The zero-order valence-electron chi connectivity index (χ0n) is 9.14. The number of aromatic amines is 1. The third kappa shape index (κ3) is 2.76. The van der Waals surface area contributed by atoms with E-state index in [9.17, 15) is 0 Å². The minimum atomic E-state index is 0.697. The molecule has 84 valence electrons. The molecule has 1 N–H and O–H groups in total. The summed E-state index contributed by atoms with van der Waals surface area (Å²) in [5, 5.41) is 6.49. The van der Waals surface area contributed by atoms with Crippen LogP contribution in [0.1, 0.15) is 13.3 Å². The molecule has 2 aromatic rings. The van der Waals surface area contributed by atoms with Gasteiger partial charge in [-0.25, -0.2) is 0 Å². The number of H-pyrrole nitrogens is 1. The van der Waals surface area contributed by atoms with Gasteiger partial charge >= 0.3 is 0 Å². The van der Waals surface area contributed by atoms with Crippen molar-refractivity contribution in [1.29, 1.82) is 0 Å². The fraction of sp³-hybridized carbons (Fsp3) is 0.250. The first-order chi connectivity index (χ1) is 7.88. The summed E-state index contributed by atoms with van der Waals surface area (Å²) in [6.07, 6.45) is 4.33. The molecule has 0 amide bonds. The van der Waals surface area contributed by atoms with Gasteiger partial charge in [-0.3, -0.25) is 5.10 Å². The molecule has 0 aliphatic carbocycles. The molecule has 0 radical (unpaired) electrons. The normalized spacial score (nSPS) is 10.1. The number of hydrogen-bond donors (Lipinski definition) is 1. The predicted molar refractivity (Wildman–Crippen MR) is 60.9 cm³/mol. The van der Waals surface area contributed by atoms with Crippen LogP contribution in [0.4, 0.5) is 0 Å². The maximum atomic E-state index is 5.53. The molecule has 4 heteroatoms. The first-order valence-corrected chi connectivity index (χ1v) is 5.28. The van der Waals surface area contributed by atoms with E-state index in [1.54, 1.807) is 12.4 Å². The van der Waals surface area contributed by atoms with Crippen LogP contribution in [0.3, 0.4) is 0 Å². The molecule has 0 bridgehead atoms. The van der Waals surface area contributed by atoms with E-state index >= 15 is 0 Å². The van der Waals surface area contributed by atoms with E-state index in [2.05, 4.69) is 17.1 Å². The molecule has 1 aromatic heterocycles. The van der Waals surface area contributed by atoms with E-state index in [0.29, 0.717) is 5.75 Å². The summed E-state index contributed by atoms with van der Waals surface area (Å²) in [7, 11) is 0. The molecule has 0 spiro atoms. The van der Waals surface area contributed by atoms with Gasteiger partial charge in [0, 0.05) is 0 Å². The largest absolute Gasteiger partial charge is 0.494 e. The molecule has 0 fully saturated rings. The molecule has 16 heavy (non-hydrogen) atoms. The number of hydrogen-bond acceptors (Lipinski definition) is 3. The van der Waals surface area contributed by atoms with Crippen molar-refractivity contribution in [3.8, 4) is 17.2 Å². The number of rotatable bonds is 5. The minimum Gasteiger partial charge on any atom is -0.494 e. The van der Waals surface area contributed by atoms with Crippen LogP contribution >= 0.6 is 0 Å². The van der Waals surface area contributed by atoms with Crippen LogP contribution in [0.5, 0.6) is 17.2 Å². The Morgan fingerprint density at radius 1 is 1.12 bits per heavy atom. The molecule has 0 atom stereocenters. The molecule has 0 unspecified atom stereocenters. The van der Waals surface area contributed by atoms with Crippen molar-refractivity contribution in [2.45, 2.75) is 13.3 Å². The molecule has 0 saturated carbocycles. The lowest BCUT2D eigenvalue weighted by Gasteiger charge is -2.06. The maximum Gasteiger partial charge on any atom is 0.165 e. The Balaban J connectivity index is 1.96. The van der Waals surface area contributed by atoms with Gasteiger partial charge < -0.3 is 9.47 Å². The molecule has 1 aromatic carbocycles. The van der Waals surface area contributed by atoms with Crippen molar-refractivity contribution in [2.75, 3.05) is 6.61 Å². The summed E-state index contributed by atoms with van der Waals surface area (Å²) in [4.78, 5) is 0. The van der Waals surface area contributed by atoms with Crippen LogP contribution in [0, 0.1) is 0 Å². The van der Waals surface area contributed by atoms with Gasteiger partial charge in [-0.05, 0) is 30.7 Å². The molecule has 1 heterocycles. The molecule has 4 nitrogen and oxygen atoms in total. The Morgan fingerprint density at radius 3 is 2.50 bits per heavy atom. The number of aromatic nitrogens is 2. The van der Waals surface area contributed by atoms with E-state index in [0.717, 1.165) is 24.5 Å². The SMILES string of the molecule is CCCOc1ccc(Oc2cn[nH]c2)cc1. The number of nitrogens with zero attached hydrogens (tertiary/aromatic N) is 1. The van der Waals surface area contributed by atoms with Crippen molar-refractivity contribution >= 4 is 0 Å². The monoisotopic (exact) mass is 218 g/mol.